The maximum atomic E-state index is 12.3. The largest absolute Gasteiger partial charge is 0.493 e. The lowest BCUT2D eigenvalue weighted by atomic mass is 9.98. The number of carbonyl (C=O) groups excluding carboxylic acids is 1. The Balaban J connectivity index is 2.00. The highest BCUT2D eigenvalue weighted by Gasteiger charge is 2.22. The molecule has 0 aliphatic carbocycles. The number of ether oxygens (including phenoxy) is 2. The highest BCUT2D eigenvalue weighted by molar-refractivity contribution is 5.78. The summed E-state index contributed by atoms with van der Waals surface area (Å²) < 4.78 is 10.7. The second-order valence-electron chi connectivity index (χ2n) is 5.57. The third-order valence-electron chi connectivity index (χ3n) is 4.05. The molecule has 1 aliphatic heterocycles. The van der Waals surface area contributed by atoms with Crippen molar-refractivity contribution in [3.63, 3.8) is 0 Å². The normalized spacial score (nSPS) is 13.7. The van der Waals surface area contributed by atoms with Gasteiger partial charge >= 0.3 is 0 Å². The number of unbranched alkanes of at least 4 members (excludes halogenated alkanes) is 1. The number of benzene rings is 1. The Morgan fingerprint density at radius 1 is 1.23 bits per heavy atom. The first kappa shape index (κ1) is 16.6. The summed E-state index contributed by atoms with van der Waals surface area (Å²) in [5.74, 6) is 1.63. The summed E-state index contributed by atoms with van der Waals surface area (Å²) in [6, 6.07) is 4.01. The Labute approximate surface area is 132 Å². The van der Waals surface area contributed by atoms with Gasteiger partial charge in [0.1, 0.15) is 0 Å². The first-order valence-electron chi connectivity index (χ1n) is 7.91. The van der Waals surface area contributed by atoms with E-state index in [-0.39, 0.29) is 5.91 Å². The van der Waals surface area contributed by atoms with Crippen LogP contribution in [-0.4, -0.2) is 44.7 Å². The van der Waals surface area contributed by atoms with Gasteiger partial charge in [-0.15, -0.1) is 0 Å². The fourth-order valence-corrected chi connectivity index (χ4v) is 2.70. The van der Waals surface area contributed by atoms with Crippen LogP contribution in [-0.2, 0) is 17.8 Å². The number of nitrogens with one attached hydrogen (secondary N) is 1. The Morgan fingerprint density at radius 2 is 1.91 bits per heavy atom. The van der Waals surface area contributed by atoms with Crippen molar-refractivity contribution in [2.24, 2.45) is 0 Å². The van der Waals surface area contributed by atoms with E-state index >= 15 is 0 Å². The first-order valence-corrected chi connectivity index (χ1v) is 7.91. The van der Waals surface area contributed by atoms with E-state index < -0.39 is 0 Å². The molecule has 1 heterocycles. The summed E-state index contributed by atoms with van der Waals surface area (Å²) in [7, 11) is 3.28. The third kappa shape index (κ3) is 3.91. The SMILES string of the molecule is CCCCNCC(=O)N1CCc2cc(OC)c(OC)cc2C1. The second kappa shape index (κ2) is 8.03. The Hall–Kier alpha value is -1.75. The topological polar surface area (TPSA) is 50.8 Å². The lowest BCUT2D eigenvalue weighted by Gasteiger charge is -2.29. The molecule has 1 aromatic carbocycles. The summed E-state index contributed by atoms with van der Waals surface area (Å²) in [6.07, 6.45) is 3.10. The van der Waals surface area contributed by atoms with E-state index in [1.165, 1.54) is 5.56 Å². The van der Waals surface area contributed by atoms with Crippen LogP contribution < -0.4 is 14.8 Å². The zero-order chi connectivity index (χ0) is 15.9. The summed E-state index contributed by atoms with van der Waals surface area (Å²) >= 11 is 0. The highest BCUT2D eigenvalue weighted by atomic mass is 16.5. The molecule has 1 aliphatic rings. The molecule has 5 heteroatoms. The maximum absolute atomic E-state index is 12.3. The number of nitrogens with zero attached hydrogens (tertiary/aromatic N) is 1. The van der Waals surface area contributed by atoms with Crippen molar-refractivity contribution in [1.29, 1.82) is 0 Å². The molecule has 0 saturated heterocycles. The fraction of sp³-hybridized carbons (Fsp3) is 0.588. The number of rotatable bonds is 7. The first-order chi connectivity index (χ1) is 10.7. The van der Waals surface area contributed by atoms with Crippen LogP contribution in [0, 0.1) is 0 Å². The van der Waals surface area contributed by atoms with Crippen LogP contribution in [0.3, 0.4) is 0 Å². The smallest absolute Gasteiger partial charge is 0.236 e. The van der Waals surface area contributed by atoms with Gasteiger partial charge in [0.2, 0.25) is 5.91 Å². The van der Waals surface area contributed by atoms with Crippen molar-refractivity contribution in [3.05, 3.63) is 23.3 Å². The molecule has 0 radical (unpaired) electrons. The number of amides is 1. The van der Waals surface area contributed by atoms with E-state index in [0.717, 1.165) is 49.4 Å². The zero-order valence-corrected chi connectivity index (χ0v) is 13.8. The predicted molar refractivity (Wildman–Crippen MR) is 86.4 cm³/mol. The molecule has 1 aromatic rings. The molecule has 22 heavy (non-hydrogen) atoms. The fourth-order valence-electron chi connectivity index (χ4n) is 2.70. The molecule has 1 N–H and O–H groups in total. The van der Waals surface area contributed by atoms with Gasteiger partial charge in [-0.25, -0.2) is 0 Å². The van der Waals surface area contributed by atoms with Gasteiger partial charge in [-0.2, -0.15) is 0 Å². The number of hydrogen-bond acceptors (Lipinski definition) is 4. The standard InChI is InChI=1S/C17H26N2O3/c1-4-5-7-18-11-17(20)19-8-6-13-9-15(21-2)16(22-3)10-14(13)12-19/h9-10,18H,4-8,11-12H2,1-3H3. The van der Waals surface area contributed by atoms with E-state index in [1.54, 1.807) is 14.2 Å². The number of fused-ring (bicyclic) bond motifs is 1. The molecule has 0 unspecified atom stereocenters. The molecule has 0 saturated carbocycles. The summed E-state index contributed by atoms with van der Waals surface area (Å²) in [5, 5.41) is 3.21. The highest BCUT2D eigenvalue weighted by Crippen LogP contribution is 2.33. The quantitative estimate of drug-likeness (QED) is 0.783. The van der Waals surface area contributed by atoms with Crippen LogP contribution in [0.15, 0.2) is 12.1 Å². The van der Waals surface area contributed by atoms with Crippen molar-refractivity contribution in [3.8, 4) is 11.5 Å². The summed E-state index contributed by atoms with van der Waals surface area (Å²) in [5.41, 5.74) is 2.38. The number of carbonyl (C=O) groups is 1. The van der Waals surface area contributed by atoms with Crippen molar-refractivity contribution in [2.75, 3.05) is 33.9 Å². The molecule has 5 nitrogen and oxygen atoms in total. The second-order valence-corrected chi connectivity index (χ2v) is 5.57. The van der Waals surface area contributed by atoms with Crippen LogP contribution in [0.5, 0.6) is 11.5 Å². The molecule has 0 atom stereocenters. The Kier molecular flexibility index (Phi) is 6.07. The van der Waals surface area contributed by atoms with Gasteiger partial charge in [0.05, 0.1) is 20.8 Å². The summed E-state index contributed by atoms with van der Waals surface area (Å²) in [6.45, 7) is 4.87. The third-order valence-corrected chi connectivity index (χ3v) is 4.05. The van der Waals surface area contributed by atoms with Crippen LogP contribution in [0.1, 0.15) is 30.9 Å². The zero-order valence-electron chi connectivity index (χ0n) is 13.8. The molecule has 122 valence electrons. The molecular weight excluding hydrogens is 280 g/mol. The van der Waals surface area contributed by atoms with Gasteiger partial charge in [-0.1, -0.05) is 13.3 Å². The minimum absolute atomic E-state index is 0.163. The predicted octanol–water partition coefficient (Wildman–Crippen LogP) is 1.98. The van der Waals surface area contributed by atoms with Gasteiger partial charge in [-0.05, 0) is 42.6 Å². The number of methoxy groups -OCH3 is 2. The lowest BCUT2D eigenvalue weighted by Crippen LogP contribution is -2.41. The van der Waals surface area contributed by atoms with E-state index in [1.807, 2.05) is 17.0 Å². The monoisotopic (exact) mass is 306 g/mol. The van der Waals surface area contributed by atoms with Crippen LogP contribution >= 0.6 is 0 Å². The van der Waals surface area contributed by atoms with Crippen molar-refractivity contribution < 1.29 is 14.3 Å². The van der Waals surface area contributed by atoms with Gasteiger partial charge in [-0.3, -0.25) is 4.79 Å². The van der Waals surface area contributed by atoms with E-state index in [2.05, 4.69) is 12.2 Å². The Bertz CT molecular complexity index is 517. The minimum atomic E-state index is 0.163. The van der Waals surface area contributed by atoms with E-state index in [9.17, 15) is 4.79 Å². The van der Waals surface area contributed by atoms with Crippen LogP contribution in [0.25, 0.3) is 0 Å². The van der Waals surface area contributed by atoms with Gasteiger partial charge < -0.3 is 19.7 Å². The van der Waals surface area contributed by atoms with Gasteiger partial charge in [0.15, 0.2) is 11.5 Å². The average Bonchev–Trinajstić information content (AvgIpc) is 2.56. The van der Waals surface area contributed by atoms with Crippen LogP contribution in [0.4, 0.5) is 0 Å². The molecule has 1 amide bonds. The molecule has 2 rings (SSSR count). The van der Waals surface area contributed by atoms with Gasteiger partial charge in [0.25, 0.3) is 0 Å². The van der Waals surface area contributed by atoms with Crippen molar-refractivity contribution in [1.82, 2.24) is 10.2 Å². The summed E-state index contributed by atoms with van der Waals surface area (Å²) in [4.78, 5) is 14.2. The maximum Gasteiger partial charge on any atom is 0.236 e. The molecule has 0 aromatic heterocycles. The van der Waals surface area contributed by atoms with Crippen molar-refractivity contribution in [2.45, 2.75) is 32.7 Å². The average molecular weight is 306 g/mol. The molecule has 0 fully saturated rings. The minimum Gasteiger partial charge on any atom is -0.493 e. The molecule has 0 spiro atoms. The van der Waals surface area contributed by atoms with E-state index in [4.69, 9.17) is 9.47 Å². The lowest BCUT2D eigenvalue weighted by molar-refractivity contribution is -0.131. The Morgan fingerprint density at radius 3 is 2.55 bits per heavy atom. The van der Waals surface area contributed by atoms with E-state index in [0.29, 0.717) is 13.1 Å². The van der Waals surface area contributed by atoms with Crippen LogP contribution in [0.2, 0.25) is 0 Å². The molecular formula is C17H26N2O3. The van der Waals surface area contributed by atoms with Crippen molar-refractivity contribution >= 4 is 5.91 Å². The van der Waals surface area contributed by atoms with Gasteiger partial charge in [0, 0.05) is 13.1 Å². The molecule has 0 bridgehead atoms. The number of hydrogen-bond donors (Lipinski definition) is 1.